The number of hydrogen-bond acceptors (Lipinski definition) is 4. The van der Waals surface area contributed by atoms with Crippen LogP contribution in [0.2, 0.25) is 5.02 Å². The van der Waals surface area contributed by atoms with Gasteiger partial charge in [0.05, 0.1) is 0 Å². The van der Waals surface area contributed by atoms with Gasteiger partial charge in [0.2, 0.25) is 0 Å². The Labute approximate surface area is 112 Å². The predicted octanol–water partition coefficient (Wildman–Crippen LogP) is 3.00. The molecule has 94 valence electrons. The fraction of sp³-hybridized carbons (Fsp3) is 0.400. The van der Waals surface area contributed by atoms with Crippen LogP contribution >= 0.6 is 27.5 Å². The summed E-state index contributed by atoms with van der Waals surface area (Å²) in [7, 11) is 1.45. The molecule has 7 heteroatoms. The first-order valence-corrected chi connectivity index (χ1v) is 5.99. The normalized spacial score (nSPS) is 14.3. The number of methoxy groups -OCH3 is 1. The van der Waals surface area contributed by atoms with Gasteiger partial charge in [-0.15, -0.1) is 0 Å². The molecule has 0 N–H and O–H groups in total. The molecule has 0 aromatic heterocycles. The summed E-state index contributed by atoms with van der Waals surface area (Å²) in [6.07, 6.45) is -0.734. The van der Waals surface area contributed by atoms with Crippen molar-refractivity contribution >= 4 is 27.5 Å². The summed E-state index contributed by atoms with van der Waals surface area (Å²) in [4.78, 5) is 9.25. The summed E-state index contributed by atoms with van der Waals surface area (Å²) in [5.41, 5.74) is 0.657. The molecular formula is C10H11BrClNO4. The van der Waals surface area contributed by atoms with Crippen molar-refractivity contribution in [2.24, 2.45) is 0 Å². The van der Waals surface area contributed by atoms with Crippen LogP contribution in [0, 0.1) is 10.1 Å². The van der Waals surface area contributed by atoms with E-state index in [1.807, 2.05) is 0 Å². The zero-order valence-corrected chi connectivity index (χ0v) is 11.3. The number of hydrogen-bond donors (Lipinski definition) is 0. The van der Waals surface area contributed by atoms with E-state index in [1.54, 1.807) is 24.3 Å². The molecule has 0 bridgehead atoms. The lowest BCUT2D eigenvalue weighted by Crippen LogP contribution is -2.24. The predicted molar refractivity (Wildman–Crippen MR) is 66.9 cm³/mol. The zero-order chi connectivity index (χ0) is 12.8. The number of halogens is 2. The number of ether oxygens (including phenoxy) is 2. The fourth-order valence-corrected chi connectivity index (χ4v) is 1.82. The first-order chi connectivity index (χ1) is 8.06. The molecule has 0 aliphatic rings. The summed E-state index contributed by atoms with van der Waals surface area (Å²) in [6, 6.07) is 6.67. The largest absolute Gasteiger partial charge is 0.359 e. The van der Waals surface area contributed by atoms with E-state index in [0.29, 0.717) is 10.6 Å². The highest BCUT2D eigenvalue weighted by Crippen LogP contribution is 2.27. The first-order valence-electron chi connectivity index (χ1n) is 4.70. The minimum atomic E-state index is -1.04. The van der Waals surface area contributed by atoms with E-state index in [4.69, 9.17) is 21.1 Å². The fourth-order valence-electron chi connectivity index (χ4n) is 1.24. The van der Waals surface area contributed by atoms with Crippen molar-refractivity contribution in [1.82, 2.24) is 0 Å². The van der Waals surface area contributed by atoms with Crippen LogP contribution in [0.3, 0.4) is 0 Å². The monoisotopic (exact) mass is 323 g/mol. The van der Waals surface area contributed by atoms with Crippen molar-refractivity contribution in [3.8, 4) is 0 Å². The van der Waals surface area contributed by atoms with Gasteiger partial charge in [-0.2, -0.15) is 0 Å². The summed E-state index contributed by atoms with van der Waals surface area (Å²) in [5.74, 6) is 0. The third-order valence-electron chi connectivity index (χ3n) is 2.02. The maximum Gasteiger partial charge on any atom is 0.295 e. The molecule has 0 aliphatic heterocycles. The molecule has 0 fully saturated rings. The first kappa shape index (κ1) is 14.4. The number of benzene rings is 1. The van der Waals surface area contributed by atoms with Crippen molar-refractivity contribution < 1.29 is 14.4 Å². The van der Waals surface area contributed by atoms with Gasteiger partial charge >= 0.3 is 0 Å². The maximum atomic E-state index is 10.8. The Morgan fingerprint density at radius 1 is 1.47 bits per heavy atom. The Kier molecular flexibility index (Phi) is 5.84. The van der Waals surface area contributed by atoms with Crippen LogP contribution in [0.25, 0.3) is 0 Å². The molecule has 0 saturated heterocycles. The average Bonchev–Trinajstić information content (AvgIpc) is 2.31. The molecular weight excluding hydrogens is 313 g/mol. The number of nitrogens with zero attached hydrogens (tertiary/aromatic N) is 1. The molecule has 0 spiro atoms. The quantitative estimate of drug-likeness (QED) is 0.265. The summed E-state index contributed by atoms with van der Waals surface area (Å²) in [6.45, 7) is -0.0246. The summed E-state index contributed by atoms with van der Waals surface area (Å²) >= 11 is 8.73. The van der Waals surface area contributed by atoms with Crippen LogP contribution in [0.15, 0.2) is 24.3 Å². The molecule has 5 nitrogen and oxygen atoms in total. The van der Waals surface area contributed by atoms with Crippen LogP contribution in [0.4, 0.5) is 0 Å². The van der Waals surface area contributed by atoms with E-state index in [0.717, 1.165) is 0 Å². The van der Waals surface area contributed by atoms with E-state index in [1.165, 1.54) is 7.11 Å². The van der Waals surface area contributed by atoms with Crippen LogP contribution in [-0.2, 0) is 9.47 Å². The highest BCUT2D eigenvalue weighted by atomic mass is 79.9. The highest BCUT2D eigenvalue weighted by Gasteiger charge is 2.30. The Hall–Kier alpha value is -0.690. The number of alkyl halides is 1. The molecule has 0 radical (unpaired) electrons. The van der Waals surface area contributed by atoms with Crippen LogP contribution in [0.5, 0.6) is 0 Å². The van der Waals surface area contributed by atoms with Gasteiger partial charge in [-0.25, -0.2) is 0 Å². The molecule has 1 aromatic carbocycles. The lowest BCUT2D eigenvalue weighted by atomic mass is 10.1. The van der Waals surface area contributed by atoms with Crippen molar-refractivity contribution in [3.05, 3.63) is 45.0 Å². The topological polar surface area (TPSA) is 61.6 Å². The van der Waals surface area contributed by atoms with Gasteiger partial charge in [0, 0.05) is 17.1 Å². The van der Waals surface area contributed by atoms with Gasteiger partial charge in [0.15, 0.2) is 6.10 Å². The van der Waals surface area contributed by atoms with E-state index >= 15 is 0 Å². The second-order valence-electron chi connectivity index (χ2n) is 3.20. The Morgan fingerprint density at radius 3 is 2.53 bits per heavy atom. The van der Waals surface area contributed by atoms with E-state index < -0.39 is 16.0 Å². The minimum Gasteiger partial charge on any atom is -0.359 e. The van der Waals surface area contributed by atoms with Crippen molar-refractivity contribution in [2.45, 2.75) is 11.1 Å². The Bertz CT molecular complexity index is 373. The molecule has 0 amide bonds. The average molecular weight is 325 g/mol. The van der Waals surface area contributed by atoms with Crippen molar-refractivity contribution in [3.63, 3.8) is 0 Å². The molecule has 0 heterocycles. The van der Waals surface area contributed by atoms with Crippen molar-refractivity contribution in [2.75, 3.05) is 13.9 Å². The second-order valence-corrected chi connectivity index (χ2v) is 4.58. The van der Waals surface area contributed by atoms with Crippen LogP contribution in [0.1, 0.15) is 11.7 Å². The summed E-state index contributed by atoms with van der Waals surface area (Å²) in [5, 5.41) is 11.3. The van der Waals surface area contributed by atoms with Gasteiger partial charge in [0.1, 0.15) is 6.79 Å². The van der Waals surface area contributed by atoms with Crippen LogP contribution < -0.4 is 0 Å². The molecule has 1 rings (SSSR count). The molecule has 1 unspecified atom stereocenters. The maximum absolute atomic E-state index is 10.8. The van der Waals surface area contributed by atoms with Crippen molar-refractivity contribution in [1.29, 1.82) is 0 Å². The Balaban J connectivity index is 2.88. The lowest BCUT2D eigenvalue weighted by Gasteiger charge is -2.17. The molecule has 2 atom stereocenters. The minimum absolute atomic E-state index is 0.0246. The van der Waals surface area contributed by atoms with Gasteiger partial charge in [-0.1, -0.05) is 23.7 Å². The van der Waals surface area contributed by atoms with E-state index in [9.17, 15) is 10.1 Å². The Morgan fingerprint density at radius 2 is 2.06 bits per heavy atom. The second kappa shape index (κ2) is 6.90. The lowest BCUT2D eigenvalue weighted by molar-refractivity contribution is -0.507. The molecule has 0 saturated carbocycles. The molecule has 17 heavy (non-hydrogen) atoms. The third-order valence-corrected chi connectivity index (χ3v) is 3.08. The molecule has 0 aliphatic carbocycles. The van der Waals surface area contributed by atoms with Gasteiger partial charge in [-0.3, -0.25) is 10.1 Å². The van der Waals surface area contributed by atoms with E-state index in [2.05, 4.69) is 15.9 Å². The number of nitro groups is 1. The molecule has 1 aromatic rings. The van der Waals surface area contributed by atoms with Crippen LogP contribution in [-0.4, -0.2) is 23.8 Å². The number of rotatable bonds is 6. The van der Waals surface area contributed by atoms with Gasteiger partial charge < -0.3 is 9.47 Å². The van der Waals surface area contributed by atoms with E-state index in [-0.39, 0.29) is 6.79 Å². The highest BCUT2D eigenvalue weighted by molar-refractivity contribution is 9.09. The van der Waals surface area contributed by atoms with Gasteiger partial charge in [-0.05, 0) is 33.6 Å². The third kappa shape index (κ3) is 4.23. The zero-order valence-electron chi connectivity index (χ0n) is 9.01. The van der Waals surface area contributed by atoms with Gasteiger partial charge in [0.25, 0.3) is 4.95 Å². The summed E-state index contributed by atoms with van der Waals surface area (Å²) < 4.78 is 10.0. The standard InChI is InChI=1S/C10H11BrClNO4/c1-16-6-17-9(10(11)13(14)15)7-2-4-8(12)5-3-7/h2-5,9-10H,6H2,1H3/t9-,10?/m0/s1. The smallest absolute Gasteiger partial charge is 0.295 e. The SMILES string of the molecule is COCO[C@@H](c1ccc(Cl)cc1)C(Br)[N+](=O)[O-].